The molecule has 3 heterocycles. The molecule has 0 bridgehead atoms. The number of thioether (sulfide) groups is 1. The number of fused-ring (bicyclic) bond motifs is 3. The predicted octanol–water partition coefficient (Wildman–Crippen LogP) is 5.99. The van der Waals surface area contributed by atoms with Gasteiger partial charge in [-0.15, -0.1) is 11.3 Å². The van der Waals surface area contributed by atoms with Gasteiger partial charge in [-0.2, -0.15) is 0 Å². The number of hydrogen-bond donors (Lipinski definition) is 1. The van der Waals surface area contributed by atoms with Gasteiger partial charge in [0.1, 0.15) is 4.83 Å². The molecule has 4 aromatic rings. The second kappa shape index (κ2) is 9.43. The Morgan fingerprint density at radius 1 is 1.26 bits per heavy atom. The lowest BCUT2D eigenvalue weighted by molar-refractivity contribution is -0.113. The molecule has 1 aliphatic heterocycles. The van der Waals surface area contributed by atoms with Gasteiger partial charge in [0.15, 0.2) is 5.16 Å². The molecule has 180 valence electrons. The van der Waals surface area contributed by atoms with Gasteiger partial charge >= 0.3 is 0 Å². The van der Waals surface area contributed by atoms with Crippen LogP contribution < -0.4 is 10.9 Å². The highest BCUT2D eigenvalue weighted by Gasteiger charge is 2.31. The molecule has 0 fully saturated rings. The van der Waals surface area contributed by atoms with E-state index >= 15 is 0 Å². The lowest BCUT2D eigenvalue weighted by atomic mass is 9.94. The largest absolute Gasteiger partial charge is 0.370 e. The van der Waals surface area contributed by atoms with Gasteiger partial charge in [-0.3, -0.25) is 14.2 Å². The fraction of sp³-hybridized carbons (Fsp3) is 0.269. The minimum atomic E-state index is -0.347. The molecule has 6 nitrogen and oxygen atoms in total. The number of carbonyl (C=O) groups is 1. The van der Waals surface area contributed by atoms with Crippen molar-refractivity contribution in [2.45, 2.75) is 44.6 Å². The van der Waals surface area contributed by atoms with Crippen molar-refractivity contribution < 1.29 is 9.53 Å². The lowest BCUT2D eigenvalue weighted by Gasteiger charge is -2.29. The number of hydrogen-bond acceptors (Lipinski definition) is 6. The van der Waals surface area contributed by atoms with Crippen molar-refractivity contribution in [3.63, 3.8) is 0 Å². The van der Waals surface area contributed by atoms with Crippen LogP contribution in [0.15, 0.2) is 58.5 Å². The predicted molar refractivity (Wildman–Crippen MR) is 143 cm³/mol. The van der Waals surface area contributed by atoms with Crippen molar-refractivity contribution in [3.8, 4) is 5.69 Å². The maximum absolute atomic E-state index is 13.9. The van der Waals surface area contributed by atoms with E-state index in [0.717, 1.165) is 21.7 Å². The first-order valence-electron chi connectivity index (χ1n) is 11.2. The highest BCUT2D eigenvalue weighted by molar-refractivity contribution is 7.99. The van der Waals surface area contributed by atoms with E-state index in [1.165, 1.54) is 23.1 Å². The molecule has 0 aliphatic carbocycles. The van der Waals surface area contributed by atoms with Gasteiger partial charge < -0.3 is 10.1 Å². The van der Waals surface area contributed by atoms with E-state index in [2.05, 4.69) is 5.32 Å². The maximum atomic E-state index is 13.9. The summed E-state index contributed by atoms with van der Waals surface area (Å²) in [6.07, 6.45) is 0.644. The van der Waals surface area contributed by atoms with E-state index in [0.29, 0.717) is 39.1 Å². The van der Waals surface area contributed by atoms with Gasteiger partial charge in [-0.05, 0) is 68.3 Å². The van der Waals surface area contributed by atoms with Crippen LogP contribution >= 0.6 is 34.7 Å². The molecule has 5 rings (SSSR count). The molecular formula is C26H24ClN3O3S2. The van der Waals surface area contributed by atoms with E-state index in [-0.39, 0.29) is 22.8 Å². The molecule has 35 heavy (non-hydrogen) atoms. The standard InChI is InChI=1S/C26H24ClN3O3S2/c1-15-5-4-6-17(11-15)28-21(31)14-34-25-29-23-22(19-12-26(2,3)33-13-20(19)35-23)24(32)30(25)18-9-7-16(27)8-10-18/h4-11H,12-14H2,1-3H3,(H,28,31). The van der Waals surface area contributed by atoms with Crippen molar-refractivity contribution >= 4 is 56.5 Å². The van der Waals surface area contributed by atoms with E-state index < -0.39 is 0 Å². The van der Waals surface area contributed by atoms with Gasteiger partial charge in [0.2, 0.25) is 5.91 Å². The van der Waals surface area contributed by atoms with E-state index in [1.54, 1.807) is 28.8 Å². The Bertz CT molecular complexity index is 1490. The number of ether oxygens (including phenoxy) is 1. The molecule has 1 aliphatic rings. The molecule has 1 N–H and O–H groups in total. The summed E-state index contributed by atoms with van der Waals surface area (Å²) in [7, 11) is 0. The van der Waals surface area contributed by atoms with Crippen molar-refractivity contribution in [3.05, 3.63) is 79.9 Å². The van der Waals surface area contributed by atoms with Crippen molar-refractivity contribution in [1.29, 1.82) is 0 Å². The molecule has 0 spiro atoms. The summed E-state index contributed by atoms with van der Waals surface area (Å²) in [5, 5.41) is 4.58. The van der Waals surface area contributed by atoms with Crippen LogP contribution in [0.1, 0.15) is 29.9 Å². The number of nitrogens with one attached hydrogen (secondary N) is 1. The van der Waals surface area contributed by atoms with Crippen molar-refractivity contribution in [2.75, 3.05) is 11.1 Å². The molecule has 9 heteroatoms. The number of aromatic nitrogens is 2. The van der Waals surface area contributed by atoms with E-state index in [4.69, 9.17) is 21.3 Å². The van der Waals surface area contributed by atoms with Gasteiger partial charge in [-0.25, -0.2) is 4.98 Å². The number of rotatable bonds is 5. The summed E-state index contributed by atoms with van der Waals surface area (Å²) in [4.78, 5) is 33.1. The molecule has 0 unspecified atom stereocenters. The average Bonchev–Trinajstić information content (AvgIpc) is 3.15. The minimum Gasteiger partial charge on any atom is -0.370 e. The second-order valence-corrected chi connectivity index (χ2v) is 11.6. The number of benzene rings is 2. The summed E-state index contributed by atoms with van der Waals surface area (Å²) >= 11 is 8.82. The number of thiophene rings is 1. The van der Waals surface area contributed by atoms with Crippen molar-refractivity contribution in [1.82, 2.24) is 9.55 Å². The van der Waals surface area contributed by atoms with E-state index in [9.17, 15) is 9.59 Å². The molecule has 2 aromatic carbocycles. The minimum absolute atomic E-state index is 0.112. The fourth-order valence-electron chi connectivity index (χ4n) is 4.14. The number of amides is 1. The lowest BCUT2D eigenvalue weighted by Crippen LogP contribution is -2.32. The van der Waals surface area contributed by atoms with Gasteiger partial charge in [0.25, 0.3) is 5.56 Å². The summed E-state index contributed by atoms with van der Waals surface area (Å²) in [5.74, 6) is -0.0565. The normalized spacial score (nSPS) is 14.6. The number of carbonyl (C=O) groups excluding carboxylic acids is 1. The van der Waals surface area contributed by atoms with Crippen LogP contribution in [-0.2, 0) is 22.6 Å². The molecule has 1 amide bonds. The van der Waals surface area contributed by atoms with Crippen molar-refractivity contribution in [2.24, 2.45) is 0 Å². The van der Waals surface area contributed by atoms with Crippen LogP contribution in [0.25, 0.3) is 15.9 Å². The third kappa shape index (κ3) is 5.02. The molecule has 0 saturated carbocycles. The summed E-state index contributed by atoms with van der Waals surface area (Å²) in [5.41, 5.74) is 2.97. The molecule has 2 aromatic heterocycles. The first-order valence-corrected chi connectivity index (χ1v) is 13.3. The Morgan fingerprint density at radius 3 is 2.77 bits per heavy atom. The summed E-state index contributed by atoms with van der Waals surface area (Å²) in [6.45, 7) is 6.50. The van der Waals surface area contributed by atoms with Gasteiger partial charge in [-0.1, -0.05) is 35.5 Å². The highest BCUT2D eigenvalue weighted by Crippen LogP contribution is 2.38. The number of aryl methyl sites for hydroxylation is 1. The quantitative estimate of drug-likeness (QED) is 0.256. The third-order valence-electron chi connectivity index (χ3n) is 5.79. The first-order chi connectivity index (χ1) is 16.7. The maximum Gasteiger partial charge on any atom is 0.267 e. The zero-order chi connectivity index (χ0) is 24.7. The topological polar surface area (TPSA) is 73.2 Å². The third-order valence-corrected chi connectivity index (χ3v) is 8.08. The SMILES string of the molecule is Cc1cccc(NC(=O)CSc2nc3sc4c(c3c(=O)n2-c2ccc(Cl)cc2)CC(C)(C)OC4)c1. The van der Waals surface area contributed by atoms with Gasteiger partial charge in [0.05, 0.1) is 29.0 Å². The zero-order valence-corrected chi connectivity index (χ0v) is 21.9. The second-order valence-electron chi connectivity index (χ2n) is 9.13. The molecule has 0 saturated heterocycles. The van der Waals surface area contributed by atoms with Crippen LogP contribution in [0.2, 0.25) is 5.02 Å². The molecular weight excluding hydrogens is 502 g/mol. The Morgan fingerprint density at radius 2 is 2.03 bits per heavy atom. The summed E-state index contributed by atoms with van der Waals surface area (Å²) in [6, 6.07) is 14.7. The fourth-order valence-corrected chi connectivity index (χ4v) is 6.22. The Hall–Kier alpha value is -2.65. The van der Waals surface area contributed by atoms with Gasteiger partial charge in [0, 0.05) is 22.0 Å². The van der Waals surface area contributed by atoms with Crippen LogP contribution in [0.4, 0.5) is 5.69 Å². The number of nitrogens with zero attached hydrogens (tertiary/aromatic N) is 2. The average molecular weight is 526 g/mol. The zero-order valence-electron chi connectivity index (χ0n) is 19.6. The van der Waals surface area contributed by atoms with Crippen LogP contribution in [0, 0.1) is 6.92 Å². The Balaban J connectivity index is 1.54. The Labute approximate surface area is 216 Å². The Kier molecular flexibility index (Phi) is 6.48. The first kappa shape index (κ1) is 24.1. The van der Waals surface area contributed by atoms with E-state index in [1.807, 2.05) is 45.0 Å². The van der Waals surface area contributed by atoms with Crippen LogP contribution in [-0.4, -0.2) is 26.8 Å². The number of halogens is 1. The van der Waals surface area contributed by atoms with Crippen LogP contribution in [0.5, 0.6) is 0 Å². The van der Waals surface area contributed by atoms with Crippen LogP contribution in [0.3, 0.4) is 0 Å². The number of anilines is 1. The summed E-state index contributed by atoms with van der Waals surface area (Å²) < 4.78 is 7.55. The molecule has 0 atom stereocenters. The molecule has 0 radical (unpaired) electrons. The smallest absolute Gasteiger partial charge is 0.267 e. The highest BCUT2D eigenvalue weighted by atomic mass is 35.5. The monoisotopic (exact) mass is 525 g/mol.